The first kappa shape index (κ1) is 13.1. The molecule has 3 rings (SSSR count). The van der Waals surface area contributed by atoms with E-state index in [1.807, 2.05) is 25.1 Å². The third-order valence-electron chi connectivity index (χ3n) is 4.09. The lowest BCUT2D eigenvalue weighted by Crippen LogP contribution is -2.38. The molecular weight excluding hydrogens is 274 g/mol. The van der Waals surface area contributed by atoms with Crippen molar-refractivity contribution >= 4 is 17.4 Å². The van der Waals surface area contributed by atoms with E-state index in [-0.39, 0.29) is 11.3 Å². The molecule has 2 aromatic rings. The number of halogens is 1. The van der Waals surface area contributed by atoms with Gasteiger partial charge in [-0.2, -0.15) is 0 Å². The molecule has 1 aliphatic carbocycles. The Balaban J connectivity index is 2.14. The van der Waals surface area contributed by atoms with Gasteiger partial charge < -0.3 is 4.98 Å². The first-order valence-electron chi connectivity index (χ1n) is 6.54. The van der Waals surface area contributed by atoms with E-state index in [1.54, 1.807) is 12.1 Å². The average molecular weight is 288 g/mol. The van der Waals surface area contributed by atoms with Crippen molar-refractivity contribution in [3.05, 3.63) is 68.6 Å². The Morgan fingerprint density at radius 1 is 1.15 bits per heavy atom. The molecule has 0 saturated heterocycles. The lowest BCUT2D eigenvalue weighted by molar-refractivity contribution is 0.0874. The zero-order valence-electron chi connectivity index (χ0n) is 11.1. The predicted molar refractivity (Wildman–Crippen MR) is 78.5 cm³/mol. The number of hydrogen-bond acceptors (Lipinski definition) is 2. The Morgan fingerprint density at radius 2 is 1.90 bits per heavy atom. The van der Waals surface area contributed by atoms with Crippen molar-refractivity contribution in [2.24, 2.45) is 0 Å². The van der Waals surface area contributed by atoms with Gasteiger partial charge in [-0.3, -0.25) is 9.59 Å². The van der Waals surface area contributed by atoms with E-state index in [9.17, 15) is 9.59 Å². The molecule has 0 amide bonds. The summed E-state index contributed by atoms with van der Waals surface area (Å²) < 4.78 is 0. The Labute approximate surface area is 121 Å². The quantitative estimate of drug-likeness (QED) is 0.876. The summed E-state index contributed by atoms with van der Waals surface area (Å²) in [5.41, 5.74) is 1.37. The van der Waals surface area contributed by atoms with Crippen LogP contribution < -0.4 is 5.56 Å². The smallest absolute Gasteiger partial charge is 0.248 e. The largest absolute Gasteiger partial charge is 0.325 e. The molecule has 0 aliphatic heterocycles. The maximum Gasteiger partial charge on any atom is 0.248 e. The van der Waals surface area contributed by atoms with Crippen molar-refractivity contribution in [1.29, 1.82) is 0 Å². The zero-order chi connectivity index (χ0) is 14.3. The van der Waals surface area contributed by atoms with Crippen LogP contribution in [0.25, 0.3) is 0 Å². The van der Waals surface area contributed by atoms with Crippen LogP contribution in [-0.2, 0) is 11.8 Å². The predicted octanol–water partition coefficient (Wildman–Crippen LogP) is 3.12. The number of fused-ring (bicyclic) bond motifs is 1. The van der Waals surface area contributed by atoms with Crippen LogP contribution >= 0.6 is 11.6 Å². The molecule has 0 fully saturated rings. The summed E-state index contributed by atoms with van der Waals surface area (Å²) >= 11 is 6.25. The van der Waals surface area contributed by atoms with E-state index in [0.29, 0.717) is 23.4 Å². The Bertz CT molecular complexity index is 750. The van der Waals surface area contributed by atoms with Gasteiger partial charge >= 0.3 is 0 Å². The van der Waals surface area contributed by atoms with Crippen LogP contribution in [0.15, 0.2) is 41.2 Å². The van der Waals surface area contributed by atoms with E-state index in [1.165, 1.54) is 6.07 Å². The fourth-order valence-electron chi connectivity index (χ4n) is 2.88. The van der Waals surface area contributed by atoms with E-state index in [0.717, 1.165) is 11.3 Å². The maximum atomic E-state index is 12.8. The van der Waals surface area contributed by atoms with E-state index >= 15 is 0 Å². The van der Waals surface area contributed by atoms with Gasteiger partial charge in [-0.25, -0.2) is 0 Å². The second-order valence-electron chi connectivity index (χ2n) is 5.36. The van der Waals surface area contributed by atoms with Gasteiger partial charge in [0, 0.05) is 22.3 Å². The van der Waals surface area contributed by atoms with Crippen molar-refractivity contribution in [2.45, 2.75) is 25.2 Å². The van der Waals surface area contributed by atoms with Crippen LogP contribution in [-0.4, -0.2) is 10.8 Å². The van der Waals surface area contributed by atoms with Crippen molar-refractivity contribution in [1.82, 2.24) is 4.98 Å². The minimum absolute atomic E-state index is 0.0168. The summed E-state index contributed by atoms with van der Waals surface area (Å²) in [5.74, 6) is 0.0168. The molecule has 1 atom stereocenters. The molecule has 1 aromatic heterocycles. The molecule has 1 unspecified atom stereocenters. The van der Waals surface area contributed by atoms with Crippen molar-refractivity contribution < 1.29 is 4.79 Å². The summed E-state index contributed by atoms with van der Waals surface area (Å²) in [6.45, 7) is 1.92. The molecule has 1 aliphatic rings. The molecule has 1 heterocycles. The molecule has 102 valence electrons. The van der Waals surface area contributed by atoms with Gasteiger partial charge in [0.2, 0.25) is 5.56 Å². The highest BCUT2D eigenvalue weighted by molar-refractivity contribution is 6.32. The normalized spacial score (nSPS) is 21.6. The van der Waals surface area contributed by atoms with Crippen LogP contribution in [0.4, 0.5) is 0 Å². The zero-order valence-corrected chi connectivity index (χ0v) is 11.8. The third-order valence-corrected chi connectivity index (χ3v) is 4.42. The lowest BCUT2D eigenvalue weighted by atomic mass is 9.69. The third kappa shape index (κ3) is 1.90. The number of pyridine rings is 1. The Morgan fingerprint density at radius 3 is 2.65 bits per heavy atom. The SMILES string of the molecule is CC1(c2ccccc2Cl)CCc2[nH]c(=O)ccc2C1=O. The number of ketones is 1. The van der Waals surface area contributed by atoms with Crippen LogP contribution in [0.5, 0.6) is 0 Å². The molecule has 0 saturated carbocycles. The summed E-state index contributed by atoms with van der Waals surface area (Å²) in [5, 5.41) is 0.608. The fraction of sp³-hybridized carbons (Fsp3) is 0.250. The molecule has 4 heteroatoms. The van der Waals surface area contributed by atoms with Crippen LogP contribution in [0, 0.1) is 0 Å². The van der Waals surface area contributed by atoms with Gasteiger partial charge in [0.25, 0.3) is 0 Å². The van der Waals surface area contributed by atoms with Gasteiger partial charge in [-0.05, 0) is 37.5 Å². The fourth-order valence-corrected chi connectivity index (χ4v) is 3.22. The minimum Gasteiger partial charge on any atom is -0.325 e. The molecule has 0 bridgehead atoms. The topological polar surface area (TPSA) is 49.9 Å². The minimum atomic E-state index is -0.635. The van der Waals surface area contributed by atoms with E-state index in [4.69, 9.17) is 11.6 Å². The maximum absolute atomic E-state index is 12.8. The standard InChI is InChI=1S/C16H14ClNO2/c1-16(11-4-2-3-5-12(11)17)9-8-13-10(15(16)20)6-7-14(19)18-13/h2-7H,8-9H2,1H3,(H,18,19). The monoisotopic (exact) mass is 287 g/mol. The number of aromatic nitrogens is 1. The number of benzene rings is 1. The number of carbonyl (C=O) groups is 1. The highest BCUT2D eigenvalue weighted by Crippen LogP contribution is 2.40. The number of rotatable bonds is 1. The van der Waals surface area contributed by atoms with Crippen molar-refractivity contribution in [2.75, 3.05) is 0 Å². The van der Waals surface area contributed by atoms with Gasteiger partial charge in [-0.1, -0.05) is 29.8 Å². The van der Waals surface area contributed by atoms with Crippen LogP contribution in [0.1, 0.15) is 35.0 Å². The van der Waals surface area contributed by atoms with Gasteiger partial charge in [-0.15, -0.1) is 0 Å². The molecule has 0 radical (unpaired) electrons. The van der Waals surface area contributed by atoms with Crippen molar-refractivity contribution in [3.8, 4) is 0 Å². The molecule has 1 N–H and O–H groups in total. The lowest BCUT2D eigenvalue weighted by Gasteiger charge is -2.34. The molecule has 1 aromatic carbocycles. The first-order chi connectivity index (χ1) is 9.52. The highest BCUT2D eigenvalue weighted by Gasteiger charge is 2.41. The summed E-state index contributed by atoms with van der Waals surface area (Å²) in [4.78, 5) is 26.9. The number of nitrogens with one attached hydrogen (secondary N) is 1. The number of aryl methyl sites for hydroxylation is 1. The highest BCUT2D eigenvalue weighted by atomic mass is 35.5. The van der Waals surface area contributed by atoms with Gasteiger partial charge in [0.05, 0.1) is 5.41 Å². The molecular formula is C16H14ClNO2. The number of hydrogen-bond donors (Lipinski definition) is 1. The van der Waals surface area contributed by atoms with Gasteiger partial charge in [0.1, 0.15) is 0 Å². The number of aromatic amines is 1. The van der Waals surface area contributed by atoms with Gasteiger partial charge in [0.15, 0.2) is 5.78 Å². The number of carbonyl (C=O) groups excluding carboxylic acids is 1. The average Bonchev–Trinajstić information content (AvgIpc) is 2.44. The van der Waals surface area contributed by atoms with E-state index in [2.05, 4.69) is 4.98 Å². The summed E-state index contributed by atoms with van der Waals surface area (Å²) in [6, 6.07) is 10.5. The van der Waals surface area contributed by atoms with E-state index < -0.39 is 5.41 Å². The summed E-state index contributed by atoms with van der Waals surface area (Å²) in [7, 11) is 0. The van der Waals surface area contributed by atoms with Crippen LogP contribution in [0.3, 0.4) is 0 Å². The number of Topliss-reactive ketones (excluding diaryl/α,β-unsaturated/α-hetero) is 1. The molecule has 3 nitrogen and oxygen atoms in total. The Hall–Kier alpha value is -1.87. The van der Waals surface area contributed by atoms with Crippen LogP contribution in [0.2, 0.25) is 5.02 Å². The summed E-state index contributed by atoms with van der Waals surface area (Å²) in [6.07, 6.45) is 1.31. The van der Waals surface area contributed by atoms with Crippen molar-refractivity contribution in [3.63, 3.8) is 0 Å². The number of H-pyrrole nitrogens is 1. The Kier molecular flexibility index (Phi) is 3.02. The molecule has 20 heavy (non-hydrogen) atoms. The molecule has 0 spiro atoms. The first-order valence-corrected chi connectivity index (χ1v) is 6.92. The second-order valence-corrected chi connectivity index (χ2v) is 5.76. The second kappa shape index (κ2) is 4.60.